The molecular weight excluding hydrogens is 424 g/mol. The largest absolute Gasteiger partial charge is 0.369 e. The number of carbonyl (C=O) groups is 1. The number of carbonyl (C=O) groups excluding carboxylic acids is 1. The number of sulfonamides is 1. The molecule has 1 saturated heterocycles. The van der Waals surface area contributed by atoms with Gasteiger partial charge in [-0.05, 0) is 55.0 Å². The zero-order valence-corrected chi connectivity index (χ0v) is 18.8. The van der Waals surface area contributed by atoms with Gasteiger partial charge in [0.15, 0.2) is 0 Å². The summed E-state index contributed by atoms with van der Waals surface area (Å²) in [5.41, 5.74) is 2.32. The van der Waals surface area contributed by atoms with Crippen molar-refractivity contribution < 1.29 is 13.2 Å². The van der Waals surface area contributed by atoms with Gasteiger partial charge in [-0.15, -0.1) is 0 Å². The molecule has 1 aliphatic rings. The number of benzene rings is 2. The van der Waals surface area contributed by atoms with Gasteiger partial charge in [-0.3, -0.25) is 9.69 Å². The van der Waals surface area contributed by atoms with Crippen LogP contribution >= 0.6 is 11.6 Å². The number of anilines is 2. The third kappa shape index (κ3) is 5.95. The van der Waals surface area contributed by atoms with Gasteiger partial charge in [0, 0.05) is 62.6 Å². The van der Waals surface area contributed by atoms with Crippen LogP contribution in [-0.4, -0.2) is 58.5 Å². The van der Waals surface area contributed by atoms with E-state index in [0.29, 0.717) is 24.3 Å². The fourth-order valence-corrected chi connectivity index (χ4v) is 4.90. The van der Waals surface area contributed by atoms with E-state index >= 15 is 0 Å². The van der Waals surface area contributed by atoms with Crippen LogP contribution in [0.25, 0.3) is 0 Å². The Morgan fingerprint density at radius 2 is 1.73 bits per heavy atom. The van der Waals surface area contributed by atoms with Crippen LogP contribution in [0, 0.1) is 6.92 Å². The highest BCUT2D eigenvalue weighted by Crippen LogP contribution is 2.20. The normalized spacial score (nSPS) is 15.2. The Kier molecular flexibility index (Phi) is 7.36. The summed E-state index contributed by atoms with van der Waals surface area (Å²) in [6.45, 7) is 7.64. The van der Waals surface area contributed by atoms with Crippen molar-refractivity contribution in [2.75, 3.05) is 49.5 Å². The average Bonchev–Trinajstić information content (AvgIpc) is 2.68. The molecule has 0 unspecified atom stereocenters. The minimum atomic E-state index is -3.61. The SMILES string of the molecule is CC(=O)Nc1ccc(S(=O)(=O)NCCN2CCN(c3ccc(Cl)cc3)CC2)c(C)c1. The van der Waals surface area contributed by atoms with Crippen LogP contribution in [0.4, 0.5) is 11.4 Å². The smallest absolute Gasteiger partial charge is 0.240 e. The van der Waals surface area contributed by atoms with Gasteiger partial charge >= 0.3 is 0 Å². The molecule has 3 rings (SSSR count). The van der Waals surface area contributed by atoms with Crippen LogP contribution in [-0.2, 0) is 14.8 Å². The first-order valence-electron chi connectivity index (χ1n) is 9.85. The summed E-state index contributed by atoms with van der Waals surface area (Å²) < 4.78 is 28.0. The quantitative estimate of drug-likeness (QED) is 0.677. The minimum Gasteiger partial charge on any atom is -0.369 e. The van der Waals surface area contributed by atoms with E-state index in [0.717, 1.165) is 36.9 Å². The number of halogens is 1. The number of nitrogens with zero attached hydrogens (tertiary/aromatic N) is 2. The summed E-state index contributed by atoms with van der Waals surface area (Å²) in [6, 6.07) is 12.6. The van der Waals surface area contributed by atoms with Crippen LogP contribution in [0.1, 0.15) is 12.5 Å². The number of piperazine rings is 1. The van der Waals surface area contributed by atoms with Gasteiger partial charge in [-0.1, -0.05) is 11.6 Å². The highest BCUT2D eigenvalue weighted by molar-refractivity contribution is 7.89. The standard InChI is InChI=1S/C21H27ClN4O3S/c1-16-15-19(24-17(2)27)5-8-21(16)30(28,29)23-9-10-25-11-13-26(14-12-25)20-6-3-18(22)4-7-20/h3-8,15,23H,9-14H2,1-2H3,(H,24,27). The molecule has 2 aromatic carbocycles. The molecule has 0 bridgehead atoms. The highest BCUT2D eigenvalue weighted by atomic mass is 35.5. The zero-order valence-electron chi connectivity index (χ0n) is 17.2. The van der Waals surface area contributed by atoms with E-state index in [4.69, 9.17) is 11.6 Å². The third-order valence-corrected chi connectivity index (χ3v) is 6.94. The molecule has 162 valence electrons. The minimum absolute atomic E-state index is 0.195. The molecule has 1 heterocycles. The first-order chi connectivity index (χ1) is 14.2. The molecule has 0 atom stereocenters. The van der Waals surface area contributed by atoms with Gasteiger partial charge in [-0.2, -0.15) is 0 Å². The van der Waals surface area contributed by atoms with E-state index < -0.39 is 10.0 Å². The number of rotatable bonds is 7. The number of hydrogen-bond donors (Lipinski definition) is 2. The molecule has 1 aliphatic heterocycles. The first-order valence-corrected chi connectivity index (χ1v) is 11.7. The van der Waals surface area contributed by atoms with E-state index in [2.05, 4.69) is 19.8 Å². The van der Waals surface area contributed by atoms with Gasteiger partial charge < -0.3 is 10.2 Å². The monoisotopic (exact) mass is 450 g/mol. The molecular formula is C21H27ClN4O3S. The summed E-state index contributed by atoms with van der Waals surface area (Å²) >= 11 is 5.95. The summed E-state index contributed by atoms with van der Waals surface area (Å²) in [5.74, 6) is -0.195. The molecule has 0 spiro atoms. The molecule has 0 aliphatic carbocycles. The second kappa shape index (κ2) is 9.78. The Bertz CT molecular complexity index is 988. The molecule has 2 aromatic rings. The van der Waals surface area contributed by atoms with Crippen LogP contribution in [0.2, 0.25) is 5.02 Å². The Morgan fingerprint density at radius 1 is 1.07 bits per heavy atom. The van der Waals surface area contributed by atoms with Crippen LogP contribution in [0.15, 0.2) is 47.4 Å². The van der Waals surface area contributed by atoms with Crippen molar-refractivity contribution in [2.24, 2.45) is 0 Å². The van der Waals surface area contributed by atoms with Gasteiger partial charge in [0.1, 0.15) is 0 Å². The lowest BCUT2D eigenvalue weighted by molar-refractivity contribution is -0.114. The van der Waals surface area contributed by atoms with Crippen molar-refractivity contribution in [1.29, 1.82) is 0 Å². The van der Waals surface area contributed by atoms with Crippen molar-refractivity contribution in [3.63, 3.8) is 0 Å². The van der Waals surface area contributed by atoms with E-state index in [-0.39, 0.29) is 10.8 Å². The number of amides is 1. The van der Waals surface area contributed by atoms with E-state index in [9.17, 15) is 13.2 Å². The summed E-state index contributed by atoms with van der Waals surface area (Å²) in [7, 11) is -3.61. The molecule has 1 fully saturated rings. The van der Waals surface area contributed by atoms with E-state index in [1.807, 2.05) is 24.3 Å². The maximum absolute atomic E-state index is 12.7. The molecule has 7 nitrogen and oxygen atoms in total. The number of nitrogens with one attached hydrogen (secondary N) is 2. The Hall–Kier alpha value is -2.13. The Morgan fingerprint density at radius 3 is 2.33 bits per heavy atom. The number of aryl methyl sites for hydroxylation is 1. The third-order valence-electron chi connectivity index (χ3n) is 5.07. The summed E-state index contributed by atoms with van der Waals surface area (Å²) in [5, 5.41) is 3.38. The maximum Gasteiger partial charge on any atom is 0.240 e. The molecule has 0 saturated carbocycles. The molecule has 9 heteroatoms. The lowest BCUT2D eigenvalue weighted by Gasteiger charge is -2.36. The first kappa shape index (κ1) is 22.6. The van der Waals surface area contributed by atoms with Gasteiger partial charge in [-0.25, -0.2) is 13.1 Å². The predicted octanol–water partition coefficient (Wildman–Crippen LogP) is 2.71. The van der Waals surface area contributed by atoms with Gasteiger partial charge in [0.25, 0.3) is 0 Å². The van der Waals surface area contributed by atoms with Gasteiger partial charge in [0.2, 0.25) is 15.9 Å². The highest BCUT2D eigenvalue weighted by Gasteiger charge is 2.20. The number of hydrogen-bond acceptors (Lipinski definition) is 5. The summed E-state index contributed by atoms with van der Waals surface area (Å²) in [4.78, 5) is 15.9. The van der Waals surface area contributed by atoms with Crippen molar-refractivity contribution in [2.45, 2.75) is 18.7 Å². The molecule has 0 radical (unpaired) electrons. The zero-order chi connectivity index (χ0) is 21.7. The average molecular weight is 451 g/mol. The molecule has 2 N–H and O–H groups in total. The lowest BCUT2D eigenvalue weighted by atomic mass is 10.2. The fraction of sp³-hybridized carbons (Fsp3) is 0.381. The van der Waals surface area contributed by atoms with Crippen molar-refractivity contribution in [3.8, 4) is 0 Å². The van der Waals surface area contributed by atoms with Crippen LogP contribution in [0.3, 0.4) is 0 Å². The van der Waals surface area contributed by atoms with Crippen molar-refractivity contribution >= 4 is 38.9 Å². The molecule has 1 amide bonds. The predicted molar refractivity (Wildman–Crippen MR) is 121 cm³/mol. The van der Waals surface area contributed by atoms with Crippen molar-refractivity contribution in [1.82, 2.24) is 9.62 Å². The molecule has 30 heavy (non-hydrogen) atoms. The summed E-state index contributed by atoms with van der Waals surface area (Å²) in [6.07, 6.45) is 0. The van der Waals surface area contributed by atoms with E-state index in [1.165, 1.54) is 13.0 Å². The van der Waals surface area contributed by atoms with Gasteiger partial charge in [0.05, 0.1) is 4.90 Å². The Balaban J connectivity index is 1.49. The second-order valence-corrected chi connectivity index (χ2v) is 9.54. The topological polar surface area (TPSA) is 81.7 Å². The van der Waals surface area contributed by atoms with Crippen LogP contribution < -0.4 is 14.9 Å². The van der Waals surface area contributed by atoms with E-state index in [1.54, 1.807) is 19.1 Å². The molecule has 0 aromatic heterocycles. The van der Waals surface area contributed by atoms with Crippen molar-refractivity contribution in [3.05, 3.63) is 53.1 Å². The second-order valence-electron chi connectivity index (χ2n) is 7.36. The van der Waals surface area contributed by atoms with Crippen LogP contribution in [0.5, 0.6) is 0 Å². The lowest BCUT2D eigenvalue weighted by Crippen LogP contribution is -2.48. The maximum atomic E-state index is 12.7. The Labute approximate surface area is 183 Å². The fourth-order valence-electron chi connectivity index (χ4n) is 3.53.